The van der Waals surface area contributed by atoms with Crippen molar-refractivity contribution in [3.63, 3.8) is 0 Å². The maximum absolute atomic E-state index is 2.43. The van der Waals surface area contributed by atoms with Crippen LogP contribution in [0.2, 0.25) is 0 Å². The summed E-state index contributed by atoms with van der Waals surface area (Å²) in [5, 5.41) is 2.48. The van der Waals surface area contributed by atoms with E-state index in [1.165, 1.54) is 83.1 Å². The van der Waals surface area contributed by atoms with E-state index in [2.05, 4.69) is 255 Å². The van der Waals surface area contributed by atoms with Crippen LogP contribution in [-0.4, -0.2) is 0 Å². The zero-order valence-electron chi connectivity index (χ0n) is 35.0. The first kappa shape index (κ1) is 37.3. The van der Waals surface area contributed by atoms with Gasteiger partial charge in [-0.1, -0.05) is 208 Å². The summed E-state index contributed by atoms with van der Waals surface area (Å²) in [5.41, 5.74) is 20.6. The summed E-state index contributed by atoms with van der Waals surface area (Å²) >= 11 is 0. The summed E-state index contributed by atoms with van der Waals surface area (Å²) in [4.78, 5) is 2.43. The quantitative estimate of drug-likeness (QED) is 0.148. The van der Waals surface area contributed by atoms with Crippen LogP contribution in [0.15, 0.2) is 237 Å². The minimum Gasteiger partial charge on any atom is -0.310 e. The third-order valence-electron chi connectivity index (χ3n) is 12.9. The number of hydrogen-bond donors (Lipinski definition) is 0. The monoisotopic (exact) mass is 791 g/mol. The Labute approximate surface area is 364 Å². The molecule has 1 aliphatic carbocycles. The molecule has 11 rings (SSSR count). The molecule has 1 aliphatic rings. The minimum atomic E-state index is -0.127. The van der Waals surface area contributed by atoms with E-state index in [0.29, 0.717) is 0 Å². The van der Waals surface area contributed by atoms with Gasteiger partial charge < -0.3 is 4.90 Å². The Morgan fingerprint density at radius 1 is 0.258 bits per heavy atom. The predicted molar refractivity (Wildman–Crippen MR) is 263 cm³/mol. The fraction of sp³-hybridized carbons (Fsp3) is 0.0492. The third kappa shape index (κ3) is 6.51. The van der Waals surface area contributed by atoms with E-state index in [9.17, 15) is 0 Å². The van der Waals surface area contributed by atoms with Gasteiger partial charge in [0.25, 0.3) is 0 Å². The van der Waals surface area contributed by atoms with E-state index in [1.54, 1.807) is 0 Å². The Morgan fingerprint density at radius 3 is 1.47 bits per heavy atom. The summed E-state index contributed by atoms with van der Waals surface area (Å²) in [6.45, 7) is 4.72. The molecule has 0 atom stereocenters. The first-order chi connectivity index (χ1) is 30.5. The highest BCUT2D eigenvalue weighted by Gasteiger charge is 2.35. The second-order valence-corrected chi connectivity index (χ2v) is 16.9. The van der Waals surface area contributed by atoms with Crippen molar-refractivity contribution in [1.82, 2.24) is 0 Å². The predicted octanol–water partition coefficient (Wildman–Crippen LogP) is 17.0. The molecular formula is C61H45N. The first-order valence-corrected chi connectivity index (χ1v) is 21.6. The van der Waals surface area contributed by atoms with Gasteiger partial charge in [0.15, 0.2) is 0 Å². The van der Waals surface area contributed by atoms with Gasteiger partial charge in [0.2, 0.25) is 0 Å². The van der Waals surface area contributed by atoms with Crippen LogP contribution in [0.25, 0.3) is 77.5 Å². The Kier molecular flexibility index (Phi) is 9.24. The highest BCUT2D eigenvalue weighted by atomic mass is 15.1. The Balaban J connectivity index is 1.10. The molecule has 0 aromatic heterocycles. The molecule has 1 nitrogen and oxygen atoms in total. The van der Waals surface area contributed by atoms with Crippen molar-refractivity contribution in [2.24, 2.45) is 0 Å². The van der Waals surface area contributed by atoms with Crippen LogP contribution in [0.4, 0.5) is 17.1 Å². The lowest BCUT2D eigenvalue weighted by atomic mass is 9.82. The van der Waals surface area contributed by atoms with Gasteiger partial charge in [-0.3, -0.25) is 0 Å². The van der Waals surface area contributed by atoms with Gasteiger partial charge >= 0.3 is 0 Å². The molecule has 0 heterocycles. The van der Waals surface area contributed by atoms with Crippen LogP contribution in [0.3, 0.4) is 0 Å². The number of anilines is 3. The van der Waals surface area contributed by atoms with Crippen molar-refractivity contribution < 1.29 is 0 Å². The molecule has 0 radical (unpaired) electrons. The maximum Gasteiger partial charge on any atom is 0.0467 e. The molecule has 0 unspecified atom stereocenters. The van der Waals surface area contributed by atoms with Crippen LogP contribution in [0.5, 0.6) is 0 Å². The lowest BCUT2D eigenvalue weighted by Gasteiger charge is -2.29. The molecule has 10 aromatic carbocycles. The molecule has 0 bridgehead atoms. The average Bonchev–Trinajstić information content (AvgIpc) is 3.57. The van der Waals surface area contributed by atoms with Gasteiger partial charge in [-0.25, -0.2) is 0 Å². The summed E-state index contributed by atoms with van der Waals surface area (Å²) in [6, 6.07) is 86.7. The first-order valence-electron chi connectivity index (χ1n) is 21.6. The third-order valence-corrected chi connectivity index (χ3v) is 12.9. The smallest absolute Gasteiger partial charge is 0.0467 e. The molecule has 0 amide bonds. The molecule has 1 heteroatoms. The molecule has 0 saturated carbocycles. The lowest BCUT2D eigenvalue weighted by Crippen LogP contribution is -2.16. The van der Waals surface area contributed by atoms with Crippen LogP contribution in [0, 0.1) is 0 Å². The van der Waals surface area contributed by atoms with Crippen molar-refractivity contribution >= 4 is 27.8 Å². The Bertz CT molecular complexity index is 3240. The normalized spacial score (nSPS) is 12.5. The standard InChI is InChI=1S/C61H45N/c1-61(2)59-28-15-14-27-56(59)57-36-34-50(41-60(57)61)62(48-32-29-44(30-33-48)42-17-6-3-7-18-42)49-24-16-23-47(39-49)58-40-46(43-19-8-4-9-20-43)31-35-55(58)54-38-37-51(45-21-10-5-11-22-45)52-25-12-13-26-53(52)54/h3-41H,1-2H3. The van der Waals surface area contributed by atoms with Gasteiger partial charge in [0, 0.05) is 22.5 Å². The topological polar surface area (TPSA) is 3.24 Å². The number of fused-ring (bicyclic) bond motifs is 4. The Morgan fingerprint density at radius 2 is 0.742 bits per heavy atom. The second kappa shape index (κ2) is 15.4. The highest BCUT2D eigenvalue weighted by Crippen LogP contribution is 2.51. The highest BCUT2D eigenvalue weighted by molar-refractivity contribution is 6.07. The van der Waals surface area contributed by atoms with Crippen LogP contribution in [-0.2, 0) is 5.41 Å². The van der Waals surface area contributed by atoms with E-state index in [4.69, 9.17) is 0 Å². The average molecular weight is 792 g/mol. The fourth-order valence-electron chi connectivity index (χ4n) is 9.76. The van der Waals surface area contributed by atoms with E-state index < -0.39 is 0 Å². The lowest BCUT2D eigenvalue weighted by molar-refractivity contribution is 0.660. The van der Waals surface area contributed by atoms with Gasteiger partial charge in [0.05, 0.1) is 0 Å². The number of hydrogen-bond acceptors (Lipinski definition) is 1. The SMILES string of the molecule is CC1(C)c2ccccc2-c2ccc(N(c3ccc(-c4ccccc4)cc3)c3cccc(-c4cc(-c5ccccc5)ccc4-c4ccc(-c5ccccc5)c5ccccc45)c3)cc21. The second-order valence-electron chi connectivity index (χ2n) is 16.9. The van der Waals surface area contributed by atoms with E-state index in [0.717, 1.165) is 22.6 Å². The van der Waals surface area contributed by atoms with Crippen molar-refractivity contribution in [2.45, 2.75) is 19.3 Å². The van der Waals surface area contributed by atoms with Crippen molar-refractivity contribution in [1.29, 1.82) is 0 Å². The fourth-order valence-corrected chi connectivity index (χ4v) is 9.76. The van der Waals surface area contributed by atoms with Crippen LogP contribution in [0.1, 0.15) is 25.0 Å². The summed E-state index contributed by atoms with van der Waals surface area (Å²) in [6.07, 6.45) is 0. The van der Waals surface area contributed by atoms with Gasteiger partial charge in [-0.05, 0) is 131 Å². The van der Waals surface area contributed by atoms with Crippen LogP contribution >= 0.6 is 0 Å². The number of nitrogens with zero attached hydrogens (tertiary/aromatic N) is 1. The van der Waals surface area contributed by atoms with Crippen molar-refractivity contribution in [3.8, 4) is 66.8 Å². The maximum atomic E-state index is 2.43. The molecule has 294 valence electrons. The van der Waals surface area contributed by atoms with E-state index in [-0.39, 0.29) is 5.41 Å². The summed E-state index contributed by atoms with van der Waals surface area (Å²) in [7, 11) is 0. The number of rotatable bonds is 8. The zero-order valence-corrected chi connectivity index (χ0v) is 35.0. The molecule has 62 heavy (non-hydrogen) atoms. The minimum absolute atomic E-state index is 0.127. The van der Waals surface area contributed by atoms with E-state index >= 15 is 0 Å². The van der Waals surface area contributed by atoms with Crippen LogP contribution < -0.4 is 4.90 Å². The summed E-state index contributed by atoms with van der Waals surface area (Å²) < 4.78 is 0. The molecule has 0 spiro atoms. The van der Waals surface area contributed by atoms with Gasteiger partial charge in [0.1, 0.15) is 0 Å². The van der Waals surface area contributed by atoms with E-state index in [1.807, 2.05) is 0 Å². The molecule has 0 saturated heterocycles. The molecule has 0 fully saturated rings. The number of benzene rings is 10. The Hall–Kier alpha value is -7.74. The zero-order chi connectivity index (χ0) is 41.6. The molecule has 10 aromatic rings. The largest absolute Gasteiger partial charge is 0.310 e. The molecule has 0 N–H and O–H groups in total. The molecular weight excluding hydrogens is 747 g/mol. The van der Waals surface area contributed by atoms with Crippen molar-refractivity contribution in [3.05, 3.63) is 248 Å². The molecule has 0 aliphatic heterocycles. The summed E-state index contributed by atoms with van der Waals surface area (Å²) in [5.74, 6) is 0. The van der Waals surface area contributed by atoms with Crippen molar-refractivity contribution in [2.75, 3.05) is 4.90 Å². The van der Waals surface area contributed by atoms with Gasteiger partial charge in [-0.15, -0.1) is 0 Å². The van der Waals surface area contributed by atoms with Gasteiger partial charge in [-0.2, -0.15) is 0 Å².